The number of hydrogen-bond donors (Lipinski definition) is 1. The number of nitrogens with zero attached hydrogens (tertiary/aromatic N) is 2. The van der Waals surface area contributed by atoms with E-state index in [0.29, 0.717) is 5.82 Å². The number of aromatic nitrogens is 1. The third kappa shape index (κ3) is 4.60. The quantitative estimate of drug-likeness (QED) is 0.888. The molecule has 1 rings (SSSR count). The van der Waals surface area contributed by atoms with Crippen molar-refractivity contribution in [2.45, 2.75) is 25.6 Å². The van der Waals surface area contributed by atoms with Crippen LogP contribution >= 0.6 is 0 Å². The normalized spacial score (nSPS) is 13.5. The fraction of sp³-hybridized carbons (Fsp3) is 0.545. The molecule has 0 saturated carbocycles. The first-order valence-corrected chi connectivity index (χ1v) is 5.29. The number of nitrogens with two attached hydrogens (primary N) is 1. The molecule has 0 aliphatic rings. The van der Waals surface area contributed by atoms with E-state index < -0.39 is 12.6 Å². The van der Waals surface area contributed by atoms with Gasteiger partial charge in [0.05, 0.1) is 6.42 Å². The molecule has 0 aromatic carbocycles. The fourth-order valence-electron chi connectivity index (χ4n) is 1.34. The summed E-state index contributed by atoms with van der Waals surface area (Å²) in [5.41, 5.74) is 6.56. The Morgan fingerprint density at radius 1 is 1.47 bits per heavy atom. The number of hydrogen-bond acceptors (Lipinski definition) is 3. The van der Waals surface area contributed by atoms with Gasteiger partial charge in [0.2, 0.25) is 0 Å². The smallest absolute Gasteiger partial charge is 0.359 e. The van der Waals surface area contributed by atoms with Gasteiger partial charge in [-0.05, 0) is 24.6 Å². The second kappa shape index (κ2) is 5.35. The van der Waals surface area contributed by atoms with E-state index >= 15 is 0 Å². The zero-order chi connectivity index (χ0) is 13.1. The van der Waals surface area contributed by atoms with Gasteiger partial charge in [0, 0.05) is 25.8 Å². The van der Waals surface area contributed by atoms with Crippen molar-refractivity contribution in [3.05, 3.63) is 23.9 Å². The van der Waals surface area contributed by atoms with Crippen LogP contribution in [-0.4, -0.2) is 24.8 Å². The van der Waals surface area contributed by atoms with Crippen LogP contribution in [0.5, 0.6) is 0 Å². The summed E-state index contributed by atoms with van der Waals surface area (Å²) in [6.45, 7) is 1.70. The molecule has 96 valence electrons. The molecule has 0 amide bonds. The first kappa shape index (κ1) is 13.8. The van der Waals surface area contributed by atoms with Gasteiger partial charge in [-0.25, -0.2) is 4.98 Å². The van der Waals surface area contributed by atoms with Gasteiger partial charge in [-0.15, -0.1) is 0 Å². The minimum atomic E-state index is -4.15. The zero-order valence-electron chi connectivity index (χ0n) is 9.83. The molecule has 1 atom stereocenters. The predicted octanol–water partition coefficient (Wildman–Crippen LogP) is 2.49. The molecule has 0 fully saturated rings. The lowest BCUT2D eigenvalue weighted by Gasteiger charge is -2.20. The van der Waals surface area contributed by atoms with Crippen molar-refractivity contribution in [1.29, 1.82) is 0 Å². The summed E-state index contributed by atoms with van der Waals surface area (Å²) in [4.78, 5) is 5.50. The Bertz CT molecular complexity index is 363. The Kier molecular flexibility index (Phi) is 4.34. The minimum Gasteiger partial charge on any atom is -0.359 e. The van der Waals surface area contributed by atoms with Crippen molar-refractivity contribution in [3.63, 3.8) is 0 Å². The number of alkyl halides is 3. The number of halogens is 3. The topological polar surface area (TPSA) is 42.1 Å². The van der Waals surface area contributed by atoms with Crippen LogP contribution in [-0.2, 0) is 0 Å². The van der Waals surface area contributed by atoms with Crippen molar-refractivity contribution in [2.75, 3.05) is 18.5 Å². The van der Waals surface area contributed by atoms with Crippen LogP contribution in [0.15, 0.2) is 18.3 Å². The van der Waals surface area contributed by atoms with Crippen molar-refractivity contribution in [2.24, 2.45) is 5.73 Å². The lowest BCUT2D eigenvalue weighted by atomic mass is 10.1. The number of pyridine rings is 1. The third-order valence-electron chi connectivity index (χ3n) is 2.42. The summed E-state index contributed by atoms with van der Waals surface area (Å²) < 4.78 is 36.2. The van der Waals surface area contributed by atoms with Crippen LogP contribution in [0.4, 0.5) is 19.0 Å². The van der Waals surface area contributed by atoms with Crippen molar-refractivity contribution >= 4 is 5.82 Å². The van der Waals surface area contributed by atoms with Gasteiger partial charge in [0.1, 0.15) is 5.82 Å². The maximum Gasteiger partial charge on any atom is 0.390 e. The monoisotopic (exact) mass is 247 g/mol. The van der Waals surface area contributed by atoms with Crippen molar-refractivity contribution in [1.82, 2.24) is 4.98 Å². The molecule has 0 spiro atoms. The highest BCUT2D eigenvalue weighted by molar-refractivity contribution is 5.40. The van der Waals surface area contributed by atoms with E-state index in [2.05, 4.69) is 4.98 Å². The Morgan fingerprint density at radius 3 is 2.65 bits per heavy atom. The maximum absolute atomic E-state index is 12.1. The van der Waals surface area contributed by atoms with Gasteiger partial charge < -0.3 is 10.6 Å². The van der Waals surface area contributed by atoms with E-state index in [1.807, 2.05) is 6.92 Å². The average molecular weight is 247 g/mol. The molecular formula is C11H16F3N3. The average Bonchev–Trinajstić information content (AvgIpc) is 2.25. The molecule has 1 heterocycles. The summed E-state index contributed by atoms with van der Waals surface area (Å²) in [5.74, 6) is 0.504. The molecule has 0 aliphatic carbocycles. The van der Waals surface area contributed by atoms with Crippen LogP contribution in [0.2, 0.25) is 0 Å². The second-order valence-electron chi connectivity index (χ2n) is 4.02. The second-order valence-corrected chi connectivity index (χ2v) is 4.02. The molecule has 0 unspecified atom stereocenters. The first-order chi connectivity index (χ1) is 7.79. The van der Waals surface area contributed by atoms with Crippen LogP contribution in [0.3, 0.4) is 0 Å². The van der Waals surface area contributed by atoms with Crippen LogP contribution in [0, 0.1) is 0 Å². The molecule has 6 heteroatoms. The highest BCUT2D eigenvalue weighted by Crippen LogP contribution is 2.21. The van der Waals surface area contributed by atoms with Gasteiger partial charge in [0.25, 0.3) is 0 Å². The van der Waals surface area contributed by atoms with E-state index in [1.54, 1.807) is 25.4 Å². The Labute approximate surface area is 98.4 Å². The first-order valence-electron chi connectivity index (χ1n) is 5.29. The molecule has 0 aliphatic heterocycles. The molecule has 0 bridgehead atoms. The largest absolute Gasteiger partial charge is 0.390 e. The highest BCUT2D eigenvalue weighted by atomic mass is 19.4. The lowest BCUT2D eigenvalue weighted by Crippen LogP contribution is -2.25. The van der Waals surface area contributed by atoms with Gasteiger partial charge in [-0.3, -0.25) is 0 Å². The Morgan fingerprint density at radius 2 is 2.12 bits per heavy atom. The highest BCUT2D eigenvalue weighted by Gasteiger charge is 2.27. The van der Waals surface area contributed by atoms with Gasteiger partial charge in [0.15, 0.2) is 0 Å². The molecule has 17 heavy (non-hydrogen) atoms. The van der Waals surface area contributed by atoms with Gasteiger partial charge >= 0.3 is 6.18 Å². The summed E-state index contributed by atoms with van der Waals surface area (Å²) in [6, 6.07) is 3.31. The SMILES string of the molecule is C[C@@H](N)c1ccnc(N(C)CCC(F)(F)F)c1. The predicted molar refractivity (Wildman–Crippen MR) is 60.8 cm³/mol. The summed E-state index contributed by atoms with van der Waals surface area (Å²) >= 11 is 0. The standard InChI is InChI=1S/C11H16F3N3/c1-8(15)9-3-5-16-10(7-9)17(2)6-4-11(12,13)14/h3,5,7-8H,4,6,15H2,1-2H3/t8-/m1/s1. The van der Waals surface area contributed by atoms with E-state index in [4.69, 9.17) is 5.73 Å². The Balaban J connectivity index is 2.69. The van der Waals surface area contributed by atoms with Crippen LogP contribution in [0.25, 0.3) is 0 Å². The van der Waals surface area contributed by atoms with E-state index in [0.717, 1.165) is 5.56 Å². The number of anilines is 1. The van der Waals surface area contributed by atoms with Crippen molar-refractivity contribution < 1.29 is 13.2 Å². The van der Waals surface area contributed by atoms with Crippen LogP contribution < -0.4 is 10.6 Å². The Hall–Kier alpha value is -1.30. The molecule has 0 saturated heterocycles. The minimum absolute atomic E-state index is 0.112. The maximum atomic E-state index is 12.1. The molecule has 2 N–H and O–H groups in total. The molecule has 1 aromatic rings. The molecule has 1 aromatic heterocycles. The van der Waals surface area contributed by atoms with E-state index in [9.17, 15) is 13.2 Å². The third-order valence-corrected chi connectivity index (χ3v) is 2.42. The van der Waals surface area contributed by atoms with Crippen molar-refractivity contribution in [3.8, 4) is 0 Å². The molecule has 0 radical (unpaired) electrons. The summed E-state index contributed by atoms with van der Waals surface area (Å²) in [7, 11) is 1.58. The van der Waals surface area contributed by atoms with Gasteiger partial charge in [-0.1, -0.05) is 0 Å². The van der Waals surface area contributed by atoms with Gasteiger partial charge in [-0.2, -0.15) is 13.2 Å². The van der Waals surface area contributed by atoms with E-state index in [-0.39, 0.29) is 12.6 Å². The summed E-state index contributed by atoms with van der Waals surface area (Å²) in [5, 5.41) is 0. The molecule has 3 nitrogen and oxygen atoms in total. The zero-order valence-corrected chi connectivity index (χ0v) is 9.83. The van der Waals surface area contributed by atoms with E-state index in [1.165, 1.54) is 4.90 Å². The fourth-order valence-corrected chi connectivity index (χ4v) is 1.34. The number of rotatable bonds is 4. The molecular weight excluding hydrogens is 231 g/mol. The summed E-state index contributed by atoms with van der Waals surface area (Å²) in [6.07, 6.45) is -3.45. The lowest BCUT2D eigenvalue weighted by molar-refractivity contribution is -0.132. The van der Waals surface area contributed by atoms with Crippen LogP contribution in [0.1, 0.15) is 24.9 Å².